The summed E-state index contributed by atoms with van der Waals surface area (Å²) < 4.78 is 0. The van der Waals surface area contributed by atoms with Crippen molar-refractivity contribution in [2.24, 2.45) is 0 Å². The molecule has 0 unspecified atom stereocenters. The van der Waals surface area contributed by atoms with Gasteiger partial charge in [-0.25, -0.2) is 0 Å². The van der Waals surface area contributed by atoms with E-state index in [0.717, 1.165) is 0 Å². The number of aromatic nitrogens is 1. The van der Waals surface area contributed by atoms with E-state index in [1.807, 2.05) is 0 Å². The first kappa shape index (κ1) is 21.4. The van der Waals surface area contributed by atoms with Crippen LogP contribution in [0.25, 0.3) is 66.3 Å². The highest BCUT2D eigenvalue weighted by Gasteiger charge is 2.17. The first-order valence-corrected chi connectivity index (χ1v) is 12.7. The molecule has 1 nitrogen and oxygen atoms in total. The highest BCUT2D eigenvalue weighted by atomic mass is 14.7. The van der Waals surface area contributed by atoms with Crippen molar-refractivity contribution >= 4 is 21.8 Å². The Bertz CT molecular complexity index is 1690. The Labute approximate surface area is 216 Å². The molecule has 0 radical (unpaired) electrons. The third-order valence-corrected chi connectivity index (χ3v) is 7.20. The van der Waals surface area contributed by atoms with Crippen LogP contribution in [-0.4, -0.2) is 4.98 Å². The Morgan fingerprint density at radius 1 is 0.297 bits per heavy atom. The summed E-state index contributed by atoms with van der Waals surface area (Å²) in [6, 6.07) is 52.1. The lowest BCUT2D eigenvalue weighted by atomic mass is 9.93. The van der Waals surface area contributed by atoms with Crippen LogP contribution in [-0.2, 0) is 0 Å². The molecule has 0 saturated carbocycles. The minimum absolute atomic E-state index is 1.17. The van der Waals surface area contributed by atoms with E-state index >= 15 is 0 Å². The number of rotatable bonds is 4. The number of H-pyrrole nitrogens is 1. The van der Waals surface area contributed by atoms with Crippen molar-refractivity contribution in [3.05, 3.63) is 146 Å². The van der Waals surface area contributed by atoms with Crippen molar-refractivity contribution in [2.75, 3.05) is 0 Å². The minimum atomic E-state index is 1.17. The van der Waals surface area contributed by atoms with E-state index in [4.69, 9.17) is 0 Å². The van der Waals surface area contributed by atoms with Crippen LogP contribution < -0.4 is 0 Å². The van der Waals surface area contributed by atoms with Gasteiger partial charge in [-0.15, -0.1) is 0 Å². The molecule has 1 aromatic heterocycles. The normalized spacial score (nSPS) is 11.2. The SMILES string of the molecule is c1ccc(-c2cc(-c3ccccc3)c3[nH]c4c(-c5ccccc5)cc(-c5ccccc5)cc4c3c2)cc1. The van der Waals surface area contributed by atoms with E-state index in [1.54, 1.807) is 0 Å². The van der Waals surface area contributed by atoms with Gasteiger partial charge in [0.1, 0.15) is 0 Å². The lowest BCUT2D eigenvalue weighted by Gasteiger charge is -2.10. The molecule has 1 heterocycles. The smallest absolute Gasteiger partial charge is 0.0545 e. The Morgan fingerprint density at radius 2 is 0.622 bits per heavy atom. The fraction of sp³-hybridized carbons (Fsp3) is 0. The molecule has 0 bridgehead atoms. The predicted molar refractivity (Wildman–Crippen MR) is 158 cm³/mol. The summed E-state index contributed by atoms with van der Waals surface area (Å²) in [7, 11) is 0. The fourth-order valence-electron chi connectivity index (χ4n) is 5.39. The van der Waals surface area contributed by atoms with E-state index in [2.05, 4.69) is 151 Å². The van der Waals surface area contributed by atoms with Crippen molar-refractivity contribution in [1.82, 2.24) is 4.98 Å². The van der Waals surface area contributed by atoms with E-state index < -0.39 is 0 Å². The van der Waals surface area contributed by atoms with Gasteiger partial charge in [-0.3, -0.25) is 0 Å². The van der Waals surface area contributed by atoms with Crippen LogP contribution in [0.2, 0.25) is 0 Å². The lowest BCUT2D eigenvalue weighted by molar-refractivity contribution is 1.52. The van der Waals surface area contributed by atoms with Gasteiger partial charge >= 0.3 is 0 Å². The molecule has 0 amide bonds. The maximum atomic E-state index is 3.87. The van der Waals surface area contributed by atoms with Crippen molar-refractivity contribution in [1.29, 1.82) is 0 Å². The summed E-state index contributed by atoms with van der Waals surface area (Å²) in [5.41, 5.74) is 12.1. The Kier molecular flexibility index (Phi) is 5.19. The zero-order chi connectivity index (χ0) is 24.6. The van der Waals surface area contributed by atoms with Crippen LogP contribution in [0.4, 0.5) is 0 Å². The van der Waals surface area contributed by atoms with Crippen LogP contribution in [0.3, 0.4) is 0 Å². The molecule has 7 aromatic rings. The maximum Gasteiger partial charge on any atom is 0.0545 e. The average Bonchev–Trinajstić information content (AvgIpc) is 3.36. The molecule has 0 aliphatic rings. The Balaban J connectivity index is 1.61. The molecule has 1 heteroatoms. The van der Waals surface area contributed by atoms with Crippen molar-refractivity contribution in [2.45, 2.75) is 0 Å². The number of nitrogens with one attached hydrogen (secondary N) is 1. The molecule has 0 fully saturated rings. The number of hydrogen-bond donors (Lipinski definition) is 1. The molecule has 6 aromatic carbocycles. The van der Waals surface area contributed by atoms with Crippen LogP contribution in [0.15, 0.2) is 146 Å². The van der Waals surface area contributed by atoms with Gasteiger partial charge in [0.15, 0.2) is 0 Å². The molecule has 0 spiro atoms. The van der Waals surface area contributed by atoms with Gasteiger partial charge in [0, 0.05) is 21.9 Å². The average molecular weight is 472 g/mol. The van der Waals surface area contributed by atoms with E-state index in [0.29, 0.717) is 0 Å². The molecule has 0 aliphatic heterocycles. The number of fused-ring (bicyclic) bond motifs is 3. The van der Waals surface area contributed by atoms with Crippen LogP contribution in [0.1, 0.15) is 0 Å². The van der Waals surface area contributed by atoms with Gasteiger partial charge in [0.25, 0.3) is 0 Å². The molecule has 0 atom stereocenters. The quantitative estimate of drug-likeness (QED) is 0.263. The molecule has 1 N–H and O–H groups in total. The Hall–Kier alpha value is -4.88. The summed E-state index contributed by atoms with van der Waals surface area (Å²) in [5.74, 6) is 0. The van der Waals surface area contributed by atoms with E-state index in [1.165, 1.54) is 66.3 Å². The second-order valence-electron chi connectivity index (χ2n) is 9.48. The Morgan fingerprint density at radius 3 is 0.973 bits per heavy atom. The monoisotopic (exact) mass is 471 g/mol. The standard InChI is InChI=1S/C36H25N/c1-5-13-25(14-6-1)29-21-31(27-17-9-3-10-18-27)35-33(23-29)34-24-30(26-15-7-2-8-16-26)22-32(36(34)37-35)28-19-11-4-12-20-28/h1-24,37H. The van der Waals surface area contributed by atoms with Gasteiger partial charge in [-0.05, 0) is 57.6 Å². The van der Waals surface area contributed by atoms with Crippen LogP contribution in [0, 0.1) is 0 Å². The summed E-state index contributed by atoms with van der Waals surface area (Å²) in [6.45, 7) is 0. The second kappa shape index (κ2) is 8.96. The van der Waals surface area contributed by atoms with Crippen molar-refractivity contribution in [3.8, 4) is 44.5 Å². The van der Waals surface area contributed by atoms with Crippen molar-refractivity contribution in [3.63, 3.8) is 0 Å². The zero-order valence-corrected chi connectivity index (χ0v) is 20.4. The number of hydrogen-bond acceptors (Lipinski definition) is 0. The van der Waals surface area contributed by atoms with Gasteiger partial charge in [-0.1, -0.05) is 121 Å². The topological polar surface area (TPSA) is 15.8 Å². The number of aromatic amines is 1. The third kappa shape index (κ3) is 3.82. The van der Waals surface area contributed by atoms with Crippen LogP contribution >= 0.6 is 0 Å². The van der Waals surface area contributed by atoms with E-state index in [9.17, 15) is 0 Å². The molecule has 7 rings (SSSR count). The molecule has 0 saturated heterocycles. The molecular formula is C36H25N. The predicted octanol–water partition coefficient (Wildman–Crippen LogP) is 9.99. The fourth-order valence-corrected chi connectivity index (χ4v) is 5.39. The number of benzene rings is 6. The second-order valence-corrected chi connectivity index (χ2v) is 9.48. The molecular weight excluding hydrogens is 446 g/mol. The molecule has 0 aliphatic carbocycles. The zero-order valence-electron chi connectivity index (χ0n) is 20.4. The molecule has 174 valence electrons. The van der Waals surface area contributed by atoms with Crippen molar-refractivity contribution < 1.29 is 0 Å². The van der Waals surface area contributed by atoms with Gasteiger partial charge in [0.2, 0.25) is 0 Å². The summed E-state index contributed by atoms with van der Waals surface area (Å²) in [4.78, 5) is 3.87. The van der Waals surface area contributed by atoms with Gasteiger partial charge < -0.3 is 4.98 Å². The first-order valence-electron chi connectivity index (χ1n) is 12.7. The van der Waals surface area contributed by atoms with Gasteiger partial charge in [-0.2, -0.15) is 0 Å². The summed E-state index contributed by atoms with van der Waals surface area (Å²) in [6.07, 6.45) is 0. The highest BCUT2D eigenvalue weighted by Crippen LogP contribution is 2.42. The summed E-state index contributed by atoms with van der Waals surface area (Å²) >= 11 is 0. The largest absolute Gasteiger partial charge is 0.353 e. The lowest BCUT2D eigenvalue weighted by Crippen LogP contribution is -1.84. The highest BCUT2D eigenvalue weighted by molar-refractivity contribution is 6.17. The molecule has 37 heavy (non-hydrogen) atoms. The summed E-state index contributed by atoms with van der Waals surface area (Å²) in [5, 5.41) is 2.48. The van der Waals surface area contributed by atoms with Gasteiger partial charge in [0.05, 0.1) is 11.0 Å². The maximum absolute atomic E-state index is 3.87. The third-order valence-electron chi connectivity index (χ3n) is 7.20. The minimum Gasteiger partial charge on any atom is -0.353 e. The first-order chi connectivity index (χ1) is 18.3. The van der Waals surface area contributed by atoms with Crippen LogP contribution in [0.5, 0.6) is 0 Å². The van der Waals surface area contributed by atoms with E-state index in [-0.39, 0.29) is 0 Å².